The SMILES string of the molecule is CC1CCCCN1c1nc2c(F)cnc(Nc3cc(N)ncn3)c2s1. The van der Waals surface area contributed by atoms with E-state index in [2.05, 4.69) is 37.1 Å². The van der Waals surface area contributed by atoms with Crippen molar-refractivity contribution in [3.8, 4) is 0 Å². The molecule has 1 fully saturated rings. The van der Waals surface area contributed by atoms with E-state index >= 15 is 0 Å². The number of nitrogens with two attached hydrogens (primary N) is 1. The van der Waals surface area contributed by atoms with Crippen LogP contribution < -0.4 is 16.0 Å². The van der Waals surface area contributed by atoms with Crippen LogP contribution >= 0.6 is 11.3 Å². The molecule has 4 rings (SSSR count). The molecule has 0 amide bonds. The van der Waals surface area contributed by atoms with E-state index in [4.69, 9.17) is 5.73 Å². The molecule has 130 valence electrons. The summed E-state index contributed by atoms with van der Waals surface area (Å²) in [4.78, 5) is 18.9. The van der Waals surface area contributed by atoms with Gasteiger partial charge in [0.25, 0.3) is 0 Å². The van der Waals surface area contributed by atoms with Gasteiger partial charge in [-0.05, 0) is 26.2 Å². The standard InChI is InChI=1S/C16H18FN7S/c1-9-4-2-3-5-24(9)16-23-13-10(17)7-19-15(14(13)25-16)22-12-6-11(18)20-8-21-12/h6-9H,2-5H2,1H3,(H3,18,19,20,21,22). The Morgan fingerprint density at radius 2 is 2.20 bits per heavy atom. The first-order valence-corrected chi connectivity index (χ1v) is 8.99. The number of piperidine rings is 1. The Morgan fingerprint density at radius 3 is 3.00 bits per heavy atom. The highest BCUT2D eigenvalue weighted by Crippen LogP contribution is 2.37. The summed E-state index contributed by atoms with van der Waals surface area (Å²) in [6.45, 7) is 3.13. The summed E-state index contributed by atoms with van der Waals surface area (Å²) < 4.78 is 14.9. The summed E-state index contributed by atoms with van der Waals surface area (Å²) in [5.74, 6) is 0.954. The lowest BCUT2D eigenvalue weighted by Crippen LogP contribution is -2.37. The van der Waals surface area contributed by atoms with Crippen molar-refractivity contribution in [2.24, 2.45) is 0 Å². The van der Waals surface area contributed by atoms with Gasteiger partial charge in [0.2, 0.25) is 0 Å². The Labute approximate surface area is 148 Å². The number of fused-ring (bicyclic) bond motifs is 1. The molecule has 0 aliphatic carbocycles. The van der Waals surface area contributed by atoms with Crippen molar-refractivity contribution in [3.05, 3.63) is 24.4 Å². The topological polar surface area (TPSA) is 92.9 Å². The number of thiazole rings is 1. The third kappa shape index (κ3) is 3.07. The maximum Gasteiger partial charge on any atom is 0.186 e. The van der Waals surface area contributed by atoms with Gasteiger partial charge in [0.15, 0.2) is 16.8 Å². The quantitative estimate of drug-likeness (QED) is 0.741. The largest absolute Gasteiger partial charge is 0.384 e. The van der Waals surface area contributed by atoms with E-state index in [1.54, 1.807) is 6.07 Å². The number of hydrogen-bond acceptors (Lipinski definition) is 8. The molecule has 0 saturated carbocycles. The van der Waals surface area contributed by atoms with Crippen LogP contribution in [0.1, 0.15) is 26.2 Å². The van der Waals surface area contributed by atoms with Gasteiger partial charge in [-0.25, -0.2) is 24.3 Å². The number of halogens is 1. The van der Waals surface area contributed by atoms with Crippen LogP contribution in [0.4, 0.5) is 27.0 Å². The van der Waals surface area contributed by atoms with E-state index in [-0.39, 0.29) is 0 Å². The number of hydrogen-bond donors (Lipinski definition) is 2. The monoisotopic (exact) mass is 359 g/mol. The lowest BCUT2D eigenvalue weighted by atomic mass is 10.1. The highest BCUT2D eigenvalue weighted by molar-refractivity contribution is 7.22. The molecule has 3 aromatic rings. The van der Waals surface area contributed by atoms with E-state index in [1.807, 2.05) is 0 Å². The number of aromatic nitrogens is 4. The summed E-state index contributed by atoms with van der Waals surface area (Å²) in [6.07, 6.45) is 6.03. The van der Waals surface area contributed by atoms with Gasteiger partial charge in [-0.1, -0.05) is 11.3 Å². The molecule has 1 atom stereocenters. The van der Waals surface area contributed by atoms with E-state index < -0.39 is 5.82 Å². The van der Waals surface area contributed by atoms with Crippen molar-refractivity contribution < 1.29 is 4.39 Å². The van der Waals surface area contributed by atoms with E-state index in [0.29, 0.717) is 33.7 Å². The maximum atomic E-state index is 14.2. The smallest absolute Gasteiger partial charge is 0.186 e. The summed E-state index contributed by atoms with van der Waals surface area (Å²) >= 11 is 1.45. The lowest BCUT2D eigenvalue weighted by Gasteiger charge is -2.32. The van der Waals surface area contributed by atoms with E-state index in [1.165, 1.54) is 30.3 Å². The van der Waals surface area contributed by atoms with Gasteiger partial charge in [-0.15, -0.1) is 0 Å². The fraction of sp³-hybridized carbons (Fsp3) is 0.375. The average Bonchev–Trinajstić information content (AvgIpc) is 3.04. The predicted molar refractivity (Wildman–Crippen MR) is 97.8 cm³/mol. The van der Waals surface area contributed by atoms with Crippen LogP contribution in [0.2, 0.25) is 0 Å². The second-order valence-electron chi connectivity index (χ2n) is 6.12. The molecule has 3 aromatic heterocycles. The van der Waals surface area contributed by atoms with Gasteiger partial charge in [0.05, 0.1) is 6.20 Å². The van der Waals surface area contributed by atoms with Crippen LogP contribution in [0.15, 0.2) is 18.6 Å². The van der Waals surface area contributed by atoms with Crippen molar-refractivity contribution >= 4 is 44.1 Å². The highest BCUT2D eigenvalue weighted by Gasteiger charge is 2.23. The van der Waals surface area contributed by atoms with Crippen molar-refractivity contribution in [1.82, 2.24) is 19.9 Å². The first kappa shape index (κ1) is 15.9. The summed E-state index contributed by atoms with van der Waals surface area (Å²) in [5.41, 5.74) is 6.01. The molecule has 9 heteroatoms. The first-order chi connectivity index (χ1) is 12.1. The Morgan fingerprint density at radius 1 is 1.32 bits per heavy atom. The molecule has 1 unspecified atom stereocenters. The van der Waals surface area contributed by atoms with E-state index in [0.717, 1.165) is 24.5 Å². The molecular weight excluding hydrogens is 341 g/mol. The van der Waals surface area contributed by atoms with Crippen molar-refractivity contribution in [3.63, 3.8) is 0 Å². The highest BCUT2D eigenvalue weighted by atomic mass is 32.1. The molecule has 0 radical (unpaired) electrons. The Kier molecular flexibility index (Phi) is 4.08. The van der Waals surface area contributed by atoms with Gasteiger partial charge < -0.3 is 16.0 Å². The lowest BCUT2D eigenvalue weighted by molar-refractivity contribution is 0.484. The first-order valence-electron chi connectivity index (χ1n) is 8.18. The summed E-state index contributed by atoms with van der Waals surface area (Å²) in [5, 5.41) is 3.92. The molecule has 4 heterocycles. The van der Waals surface area contributed by atoms with Gasteiger partial charge in [0.1, 0.15) is 28.2 Å². The van der Waals surface area contributed by atoms with Gasteiger partial charge in [-0.2, -0.15) is 0 Å². The second kappa shape index (κ2) is 6.40. The van der Waals surface area contributed by atoms with Gasteiger partial charge in [0, 0.05) is 18.7 Å². The Balaban J connectivity index is 1.74. The summed E-state index contributed by atoms with van der Waals surface area (Å²) in [7, 11) is 0. The molecule has 1 aliphatic heterocycles. The molecule has 0 spiro atoms. The number of rotatable bonds is 3. The molecule has 7 nitrogen and oxygen atoms in total. The second-order valence-corrected chi connectivity index (χ2v) is 7.10. The minimum Gasteiger partial charge on any atom is -0.384 e. The molecule has 1 aliphatic rings. The fourth-order valence-electron chi connectivity index (χ4n) is 3.03. The number of nitrogens with one attached hydrogen (secondary N) is 1. The molecular formula is C16H18FN7S. The third-order valence-electron chi connectivity index (χ3n) is 4.35. The summed E-state index contributed by atoms with van der Waals surface area (Å²) in [6, 6.07) is 2.01. The zero-order valence-electron chi connectivity index (χ0n) is 13.7. The van der Waals surface area contributed by atoms with Crippen LogP contribution in [0.5, 0.6) is 0 Å². The Bertz CT molecular complexity index is 913. The van der Waals surface area contributed by atoms with Crippen LogP contribution in [0.25, 0.3) is 10.2 Å². The zero-order chi connectivity index (χ0) is 17.4. The predicted octanol–water partition coefficient (Wildman–Crippen LogP) is 3.33. The van der Waals surface area contributed by atoms with Gasteiger partial charge in [-0.3, -0.25) is 0 Å². The van der Waals surface area contributed by atoms with E-state index in [9.17, 15) is 4.39 Å². The normalized spacial score (nSPS) is 17.8. The average molecular weight is 359 g/mol. The number of pyridine rings is 1. The maximum absolute atomic E-state index is 14.2. The van der Waals surface area contributed by atoms with Crippen LogP contribution in [0, 0.1) is 5.82 Å². The number of nitrogen functional groups attached to an aromatic ring is 1. The Hall–Kier alpha value is -2.55. The molecule has 25 heavy (non-hydrogen) atoms. The van der Waals surface area contributed by atoms with Crippen molar-refractivity contribution in [1.29, 1.82) is 0 Å². The fourth-order valence-corrected chi connectivity index (χ4v) is 4.18. The van der Waals surface area contributed by atoms with Crippen molar-refractivity contribution in [2.45, 2.75) is 32.2 Å². The minimum atomic E-state index is -0.421. The van der Waals surface area contributed by atoms with Crippen LogP contribution in [-0.2, 0) is 0 Å². The molecule has 0 bridgehead atoms. The molecule has 3 N–H and O–H groups in total. The van der Waals surface area contributed by atoms with Gasteiger partial charge >= 0.3 is 0 Å². The third-order valence-corrected chi connectivity index (χ3v) is 5.45. The minimum absolute atomic E-state index is 0.331. The molecule has 1 saturated heterocycles. The van der Waals surface area contributed by atoms with Crippen LogP contribution in [0.3, 0.4) is 0 Å². The number of anilines is 4. The zero-order valence-corrected chi connectivity index (χ0v) is 14.6. The van der Waals surface area contributed by atoms with Crippen molar-refractivity contribution in [2.75, 3.05) is 22.5 Å². The number of nitrogens with zero attached hydrogens (tertiary/aromatic N) is 5. The van der Waals surface area contributed by atoms with Crippen LogP contribution in [-0.4, -0.2) is 32.5 Å². The molecule has 0 aromatic carbocycles.